The predicted molar refractivity (Wildman–Crippen MR) is 75.8 cm³/mol. The van der Waals surface area contributed by atoms with E-state index < -0.39 is 11.4 Å². The topological polar surface area (TPSA) is 47.5 Å². The Bertz CT molecular complexity index is 491. The lowest BCUT2D eigenvalue weighted by atomic mass is 9.97. The molecule has 0 atom stereocenters. The lowest BCUT2D eigenvalue weighted by Gasteiger charge is -2.31. The van der Waals surface area contributed by atoms with E-state index in [1.54, 1.807) is 18.0 Å². The molecular weight excluding hydrogens is 269 g/mol. The Labute approximate surface area is 117 Å². The lowest BCUT2D eigenvalue weighted by molar-refractivity contribution is 0.0380. The molecule has 106 valence electrons. The fourth-order valence-corrected chi connectivity index (χ4v) is 2.53. The number of nitrogens with one attached hydrogen (secondary N) is 2. The second-order valence-corrected chi connectivity index (χ2v) is 5.35. The van der Waals surface area contributed by atoms with Crippen LogP contribution in [0.1, 0.15) is 32.3 Å². The highest BCUT2D eigenvalue weighted by Crippen LogP contribution is 2.40. The van der Waals surface area contributed by atoms with Gasteiger partial charge >= 0.3 is 0 Å². The van der Waals surface area contributed by atoms with Gasteiger partial charge in [0, 0.05) is 0 Å². The van der Waals surface area contributed by atoms with Crippen LogP contribution in [0, 0.1) is 12.7 Å². The quantitative estimate of drug-likeness (QED) is 0.797. The van der Waals surface area contributed by atoms with E-state index in [1.807, 2.05) is 13.8 Å². The zero-order chi connectivity index (χ0) is 14.2. The summed E-state index contributed by atoms with van der Waals surface area (Å²) in [6.07, 6.45) is 1.23. The number of aliphatic hydroxyl groups is 1. The van der Waals surface area contributed by atoms with Gasteiger partial charge in [0.2, 0.25) is 0 Å². The highest BCUT2D eigenvalue weighted by molar-refractivity contribution is 6.34. The molecule has 0 unspecified atom stereocenters. The minimum atomic E-state index is -0.832. The summed E-state index contributed by atoms with van der Waals surface area (Å²) in [4.78, 5) is 0. The number of hydrogen-bond donors (Lipinski definition) is 3. The van der Waals surface area contributed by atoms with Gasteiger partial charge in [-0.3, -0.25) is 5.01 Å². The highest BCUT2D eigenvalue weighted by atomic mass is 35.5. The number of halogens is 2. The number of anilines is 2. The van der Waals surface area contributed by atoms with Gasteiger partial charge in [-0.05, 0) is 31.4 Å². The molecule has 0 saturated carbocycles. The zero-order valence-corrected chi connectivity index (χ0v) is 12.1. The first-order valence-electron chi connectivity index (χ1n) is 6.42. The molecule has 0 aliphatic carbocycles. The number of aryl methyl sites for hydroxylation is 1. The number of hydrogen-bond acceptors (Lipinski definition) is 4. The third-order valence-corrected chi connectivity index (χ3v) is 4.07. The average Bonchev–Trinajstić information content (AvgIpc) is 2.78. The third-order valence-electron chi connectivity index (χ3n) is 3.73. The molecule has 0 radical (unpaired) electrons. The molecule has 1 aromatic rings. The van der Waals surface area contributed by atoms with E-state index >= 15 is 0 Å². The number of β-amino-alcohol motifs (C(OH)–C–C–N with tert-alkyl or cyclic N) is 1. The van der Waals surface area contributed by atoms with Crippen molar-refractivity contribution in [3.63, 3.8) is 0 Å². The molecule has 0 bridgehead atoms. The SMILES string of the molecule is CCC(O)(CC)CN1NNc2cc(C)c(F)c(Cl)c21. The van der Waals surface area contributed by atoms with Crippen LogP contribution in [0.2, 0.25) is 5.02 Å². The van der Waals surface area contributed by atoms with Crippen LogP contribution < -0.4 is 16.0 Å². The zero-order valence-electron chi connectivity index (χ0n) is 11.3. The first-order chi connectivity index (χ1) is 8.91. The maximum absolute atomic E-state index is 13.9. The molecule has 0 aromatic heterocycles. The molecule has 4 nitrogen and oxygen atoms in total. The summed E-state index contributed by atoms with van der Waals surface area (Å²) in [6, 6.07) is 1.69. The summed E-state index contributed by atoms with van der Waals surface area (Å²) < 4.78 is 13.9. The van der Waals surface area contributed by atoms with E-state index in [0.29, 0.717) is 30.6 Å². The molecule has 1 heterocycles. The Balaban J connectivity index is 2.34. The molecule has 0 amide bonds. The van der Waals surface area contributed by atoms with Crippen LogP contribution in [0.4, 0.5) is 15.8 Å². The van der Waals surface area contributed by atoms with E-state index in [4.69, 9.17) is 11.6 Å². The highest BCUT2D eigenvalue weighted by Gasteiger charge is 2.32. The number of fused-ring (bicyclic) bond motifs is 1. The normalized spacial score (nSPS) is 14.5. The number of rotatable bonds is 4. The predicted octanol–water partition coefficient (Wildman–Crippen LogP) is 2.99. The van der Waals surface area contributed by atoms with Gasteiger partial charge in [0.25, 0.3) is 0 Å². The summed E-state index contributed by atoms with van der Waals surface area (Å²) in [5, 5.41) is 12.1. The van der Waals surface area contributed by atoms with Crippen molar-refractivity contribution in [1.29, 1.82) is 0 Å². The number of nitrogens with zero attached hydrogens (tertiary/aromatic N) is 1. The molecule has 0 spiro atoms. The maximum atomic E-state index is 13.9. The molecule has 1 aliphatic rings. The van der Waals surface area contributed by atoms with Crippen molar-refractivity contribution >= 4 is 23.0 Å². The Hall–Kier alpha value is -1.04. The van der Waals surface area contributed by atoms with Gasteiger partial charge < -0.3 is 10.5 Å². The second-order valence-electron chi connectivity index (χ2n) is 4.97. The van der Waals surface area contributed by atoms with Crippen LogP contribution in [0.5, 0.6) is 0 Å². The third kappa shape index (κ3) is 2.50. The van der Waals surface area contributed by atoms with E-state index in [0.717, 1.165) is 5.69 Å². The van der Waals surface area contributed by atoms with Crippen molar-refractivity contribution in [1.82, 2.24) is 5.53 Å². The second kappa shape index (κ2) is 5.15. The van der Waals surface area contributed by atoms with Crippen molar-refractivity contribution in [2.75, 3.05) is 17.0 Å². The van der Waals surface area contributed by atoms with Gasteiger partial charge in [0.05, 0.1) is 23.5 Å². The van der Waals surface area contributed by atoms with E-state index in [9.17, 15) is 9.50 Å². The van der Waals surface area contributed by atoms with Crippen molar-refractivity contribution < 1.29 is 9.50 Å². The first-order valence-corrected chi connectivity index (χ1v) is 6.80. The molecule has 1 aliphatic heterocycles. The first kappa shape index (κ1) is 14.4. The van der Waals surface area contributed by atoms with Gasteiger partial charge in [-0.15, -0.1) is 5.53 Å². The van der Waals surface area contributed by atoms with Gasteiger partial charge in [0.15, 0.2) is 0 Å². The van der Waals surface area contributed by atoms with Crippen LogP contribution in [0.3, 0.4) is 0 Å². The fourth-order valence-electron chi connectivity index (χ4n) is 2.17. The molecule has 6 heteroatoms. The van der Waals surface area contributed by atoms with Crippen LogP contribution >= 0.6 is 11.6 Å². The van der Waals surface area contributed by atoms with Crippen molar-refractivity contribution in [3.8, 4) is 0 Å². The average molecular weight is 288 g/mol. The van der Waals surface area contributed by atoms with Gasteiger partial charge in [-0.25, -0.2) is 4.39 Å². The molecule has 1 aromatic carbocycles. The van der Waals surface area contributed by atoms with Crippen molar-refractivity contribution in [2.24, 2.45) is 0 Å². The number of hydrazine groups is 2. The Morgan fingerprint density at radius 2 is 2.05 bits per heavy atom. The molecule has 0 fully saturated rings. The fraction of sp³-hybridized carbons (Fsp3) is 0.538. The molecule has 19 heavy (non-hydrogen) atoms. The molecule has 0 saturated heterocycles. The molecule has 2 rings (SSSR count). The van der Waals surface area contributed by atoms with Crippen molar-refractivity contribution in [2.45, 2.75) is 39.2 Å². The lowest BCUT2D eigenvalue weighted by Crippen LogP contribution is -2.47. The summed E-state index contributed by atoms with van der Waals surface area (Å²) in [5.41, 5.74) is 6.78. The van der Waals surface area contributed by atoms with E-state index in [-0.39, 0.29) is 5.02 Å². The number of benzene rings is 1. The smallest absolute Gasteiger partial charge is 0.147 e. The van der Waals surface area contributed by atoms with Crippen LogP contribution in [-0.2, 0) is 0 Å². The summed E-state index contributed by atoms with van der Waals surface area (Å²) in [6.45, 7) is 5.85. The van der Waals surface area contributed by atoms with Gasteiger partial charge in [-0.1, -0.05) is 25.4 Å². The minimum absolute atomic E-state index is 0.0713. The largest absolute Gasteiger partial charge is 0.388 e. The summed E-state index contributed by atoms with van der Waals surface area (Å²) in [7, 11) is 0. The van der Waals surface area contributed by atoms with Crippen LogP contribution in [0.25, 0.3) is 0 Å². The standard InChI is InChI=1S/C13H19ClFN3O/c1-4-13(19,5-2)7-18-12-9(16-17-18)6-8(3)11(15)10(12)14/h6,16-17,19H,4-5,7H2,1-3H3. The summed E-state index contributed by atoms with van der Waals surface area (Å²) >= 11 is 6.08. The van der Waals surface area contributed by atoms with Crippen molar-refractivity contribution in [3.05, 3.63) is 22.5 Å². The minimum Gasteiger partial charge on any atom is -0.388 e. The summed E-state index contributed by atoms with van der Waals surface area (Å²) in [5.74, 6) is -0.424. The van der Waals surface area contributed by atoms with E-state index in [2.05, 4.69) is 11.0 Å². The molecular formula is C13H19ClFN3O. The molecule has 3 N–H and O–H groups in total. The Morgan fingerprint density at radius 3 is 2.63 bits per heavy atom. The monoisotopic (exact) mass is 287 g/mol. The van der Waals surface area contributed by atoms with E-state index in [1.165, 1.54) is 0 Å². The maximum Gasteiger partial charge on any atom is 0.147 e. The Kier molecular flexibility index (Phi) is 3.90. The van der Waals surface area contributed by atoms with Crippen LogP contribution in [-0.4, -0.2) is 17.3 Å². The van der Waals surface area contributed by atoms with Crippen LogP contribution in [0.15, 0.2) is 6.07 Å². The van der Waals surface area contributed by atoms with Gasteiger partial charge in [-0.2, -0.15) is 0 Å². The van der Waals surface area contributed by atoms with Gasteiger partial charge in [0.1, 0.15) is 10.8 Å². The Morgan fingerprint density at radius 1 is 1.42 bits per heavy atom.